The van der Waals surface area contributed by atoms with Crippen molar-refractivity contribution in [2.75, 3.05) is 25.1 Å². The summed E-state index contributed by atoms with van der Waals surface area (Å²) in [5, 5.41) is 8.82. The molecule has 3 aromatic rings. The Bertz CT molecular complexity index is 1210. The van der Waals surface area contributed by atoms with Crippen LogP contribution in [0.5, 0.6) is 11.6 Å². The fourth-order valence-electron chi connectivity index (χ4n) is 5.42. The number of ether oxygens (including phenoxy) is 2. The van der Waals surface area contributed by atoms with Crippen molar-refractivity contribution < 1.29 is 14.3 Å². The van der Waals surface area contributed by atoms with E-state index in [9.17, 15) is 4.79 Å². The van der Waals surface area contributed by atoms with Gasteiger partial charge in [-0.15, -0.1) is 10.2 Å². The quantitative estimate of drug-likeness (QED) is 0.581. The number of piperidine rings is 1. The molecule has 1 fully saturated rings. The second-order valence-corrected chi connectivity index (χ2v) is 9.26. The van der Waals surface area contributed by atoms with Crippen molar-refractivity contribution in [2.45, 2.75) is 51.0 Å². The number of benzene rings is 1. The Labute approximate surface area is 205 Å². The molecule has 0 radical (unpaired) electrons. The molecule has 8 nitrogen and oxygen atoms in total. The van der Waals surface area contributed by atoms with Gasteiger partial charge in [-0.3, -0.25) is 4.79 Å². The third kappa shape index (κ3) is 4.65. The fourth-order valence-corrected chi connectivity index (χ4v) is 5.42. The van der Waals surface area contributed by atoms with Crippen molar-refractivity contribution in [3.8, 4) is 11.6 Å². The molecule has 2 N–H and O–H groups in total. The van der Waals surface area contributed by atoms with E-state index in [1.165, 1.54) is 11.1 Å². The van der Waals surface area contributed by atoms with Crippen LogP contribution in [0.3, 0.4) is 0 Å². The highest BCUT2D eigenvalue weighted by atomic mass is 16.5. The number of nitrogens with zero attached hydrogens (tertiary/aromatic N) is 4. The second kappa shape index (κ2) is 9.90. The summed E-state index contributed by atoms with van der Waals surface area (Å²) in [7, 11) is 1.60. The second-order valence-electron chi connectivity index (χ2n) is 9.26. The van der Waals surface area contributed by atoms with Gasteiger partial charge in [0.25, 0.3) is 5.91 Å². The summed E-state index contributed by atoms with van der Waals surface area (Å²) >= 11 is 0. The average Bonchev–Trinajstić information content (AvgIpc) is 2.89. The highest BCUT2D eigenvalue weighted by molar-refractivity contribution is 5.93. The molecule has 182 valence electrons. The molecular weight excluding hydrogens is 442 g/mol. The van der Waals surface area contributed by atoms with Gasteiger partial charge in [-0.25, -0.2) is 4.98 Å². The van der Waals surface area contributed by atoms with Gasteiger partial charge in [-0.1, -0.05) is 24.3 Å². The van der Waals surface area contributed by atoms with Gasteiger partial charge in [0.2, 0.25) is 5.88 Å². The van der Waals surface area contributed by atoms with E-state index < -0.39 is 5.91 Å². The number of carbonyl (C=O) groups is 1. The number of fused-ring (bicyclic) bond motifs is 1. The van der Waals surface area contributed by atoms with Crippen LogP contribution in [0.4, 0.5) is 5.82 Å². The van der Waals surface area contributed by atoms with E-state index in [1.807, 2.05) is 6.07 Å². The van der Waals surface area contributed by atoms with Crippen molar-refractivity contribution in [3.05, 3.63) is 70.5 Å². The number of anilines is 1. The number of pyridine rings is 1. The molecule has 1 aliphatic heterocycles. The molecule has 0 saturated carbocycles. The molecule has 35 heavy (non-hydrogen) atoms. The standard InChI is InChI=1S/C27H31N5O3/c1-17-24(22-9-5-7-18-6-3-4-8-21(18)22)25(26(28)33)30-31-27(17)32-14-12-19(13-15-32)35-20-10-11-23(34-2)29-16-20/h3-4,6,8,10-11,16,19,22H,5,7,9,12-15H2,1-2H3,(H2,28,33). The lowest BCUT2D eigenvalue weighted by molar-refractivity contribution is 0.0993. The number of primary amides is 1. The van der Waals surface area contributed by atoms with Gasteiger partial charge in [-0.2, -0.15) is 0 Å². The normalized spacial score (nSPS) is 18.1. The van der Waals surface area contributed by atoms with Gasteiger partial charge >= 0.3 is 0 Å². The zero-order valence-corrected chi connectivity index (χ0v) is 20.2. The smallest absolute Gasteiger partial charge is 0.269 e. The average molecular weight is 474 g/mol. The molecule has 3 heterocycles. The number of hydrogen-bond acceptors (Lipinski definition) is 7. The molecule has 5 rings (SSSR count). The number of hydrogen-bond donors (Lipinski definition) is 1. The number of rotatable bonds is 6. The summed E-state index contributed by atoms with van der Waals surface area (Å²) < 4.78 is 11.3. The van der Waals surface area contributed by atoms with E-state index in [0.29, 0.717) is 5.88 Å². The molecule has 2 aliphatic rings. The zero-order valence-electron chi connectivity index (χ0n) is 20.2. The van der Waals surface area contributed by atoms with Crippen molar-refractivity contribution in [1.82, 2.24) is 15.2 Å². The SMILES string of the molecule is COc1ccc(OC2CCN(c3nnc(C(N)=O)c(C4CCCc5ccccc54)c3C)CC2)cn1. The molecule has 0 bridgehead atoms. The Morgan fingerprint density at radius 3 is 2.60 bits per heavy atom. The first-order valence-corrected chi connectivity index (χ1v) is 12.2. The Morgan fingerprint density at radius 2 is 1.89 bits per heavy atom. The fraction of sp³-hybridized carbons (Fsp3) is 0.407. The molecule has 1 saturated heterocycles. The van der Waals surface area contributed by atoms with Crippen molar-refractivity contribution in [1.29, 1.82) is 0 Å². The predicted molar refractivity (Wildman–Crippen MR) is 133 cm³/mol. The van der Waals surface area contributed by atoms with Crippen molar-refractivity contribution >= 4 is 11.7 Å². The molecule has 1 unspecified atom stereocenters. The van der Waals surface area contributed by atoms with E-state index in [4.69, 9.17) is 15.2 Å². The minimum Gasteiger partial charge on any atom is -0.489 e. The van der Waals surface area contributed by atoms with Gasteiger partial charge in [0.05, 0.1) is 13.3 Å². The Hall–Kier alpha value is -3.68. The molecular formula is C27H31N5O3. The molecule has 0 spiro atoms. The minimum absolute atomic E-state index is 0.0974. The summed E-state index contributed by atoms with van der Waals surface area (Å²) in [6.07, 6.45) is 6.59. The molecule has 1 atom stereocenters. The number of carbonyl (C=O) groups excluding carboxylic acids is 1. The predicted octanol–water partition coefficient (Wildman–Crippen LogP) is 3.80. The third-order valence-corrected chi connectivity index (χ3v) is 7.15. The summed E-state index contributed by atoms with van der Waals surface area (Å²) in [4.78, 5) is 18.8. The van der Waals surface area contributed by atoms with Crippen LogP contribution in [-0.4, -0.2) is 47.4 Å². The third-order valence-electron chi connectivity index (χ3n) is 7.15. The highest BCUT2D eigenvalue weighted by Gasteiger charge is 2.31. The highest BCUT2D eigenvalue weighted by Crippen LogP contribution is 2.41. The van der Waals surface area contributed by atoms with E-state index >= 15 is 0 Å². The number of methoxy groups -OCH3 is 1. The first-order valence-electron chi connectivity index (χ1n) is 12.2. The van der Waals surface area contributed by atoms with Gasteiger partial charge < -0.3 is 20.1 Å². The zero-order chi connectivity index (χ0) is 24.4. The van der Waals surface area contributed by atoms with Gasteiger partial charge in [0, 0.05) is 37.9 Å². The van der Waals surface area contributed by atoms with Gasteiger partial charge in [-0.05, 0) is 54.5 Å². The van der Waals surface area contributed by atoms with Crippen LogP contribution in [0.2, 0.25) is 0 Å². The van der Waals surface area contributed by atoms with Crippen LogP contribution in [0.25, 0.3) is 0 Å². The van der Waals surface area contributed by atoms with E-state index in [0.717, 1.165) is 67.9 Å². The summed E-state index contributed by atoms with van der Waals surface area (Å²) in [6.45, 7) is 3.63. The van der Waals surface area contributed by atoms with E-state index in [2.05, 4.69) is 51.3 Å². The van der Waals surface area contributed by atoms with Crippen LogP contribution >= 0.6 is 0 Å². The lowest BCUT2D eigenvalue weighted by Crippen LogP contribution is -2.39. The maximum Gasteiger partial charge on any atom is 0.269 e. The largest absolute Gasteiger partial charge is 0.489 e. The first kappa shape index (κ1) is 23.1. The van der Waals surface area contributed by atoms with Gasteiger partial charge in [0.15, 0.2) is 11.5 Å². The Morgan fingerprint density at radius 1 is 1.09 bits per heavy atom. The molecule has 1 aromatic carbocycles. The first-order chi connectivity index (χ1) is 17.0. The number of amides is 1. The maximum absolute atomic E-state index is 12.3. The number of nitrogens with two attached hydrogens (primary N) is 1. The Balaban J connectivity index is 1.37. The van der Waals surface area contributed by atoms with Gasteiger partial charge in [0.1, 0.15) is 11.9 Å². The topological polar surface area (TPSA) is 103 Å². The van der Waals surface area contributed by atoms with Crippen molar-refractivity contribution in [3.63, 3.8) is 0 Å². The molecule has 8 heteroatoms. The van der Waals surface area contributed by atoms with Crippen LogP contribution in [0, 0.1) is 6.92 Å². The summed E-state index contributed by atoms with van der Waals surface area (Å²) in [6, 6.07) is 12.2. The monoisotopic (exact) mass is 473 g/mol. The molecule has 1 aliphatic carbocycles. The number of aromatic nitrogens is 3. The van der Waals surface area contributed by atoms with Crippen LogP contribution in [0.1, 0.15) is 64.3 Å². The maximum atomic E-state index is 12.3. The van der Waals surface area contributed by atoms with E-state index in [-0.39, 0.29) is 17.7 Å². The molecule has 1 amide bonds. The Kier molecular flexibility index (Phi) is 6.53. The lowest BCUT2D eigenvalue weighted by atomic mass is 9.77. The molecule has 2 aromatic heterocycles. The van der Waals surface area contributed by atoms with Crippen LogP contribution < -0.4 is 20.1 Å². The van der Waals surface area contributed by atoms with E-state index in [1.54, 1.807) is 19.4 Å². The lowest BCUT2D eigenvalue weighted by Gasteiger charge is -2.35. The summed E-state index contributed by atoms with van der Waals surface area (Å²) in [5.74, 6) is 1.71. The number of aryl methyl sites for hydroxylation is 1. The summed E-state index contributed by atoms with van der Waals surface area (Å²) in [5.41, 5.74) is 10.6. The van der Waals surface area contributed by atoms with Crippen LogP contribution in [-0.2, 0) is 6.42 Å². The van der Waals surface area contributed by atoms with Crippen LogP contribution in [0.15, 0.2) is 42.6 Å². The minimum atomic E-state index is -0.523. The van der Waals surface area contributed by atoms with Crippen molar-refractivity contribution in [2.24, 2.45) is 5.73 Å².